The molecule has 1 rings (SSSR count). The average molecular weight is 142 g/mol. The number of thiocarbonyl (C=S) groups is 2. The van der Waals surface area contributed by atoms with Crippen LogP contribution in [0.1, 0.15) is 12.8 Å². The Hall–Kier alpha value is -0.0800. The molecule has 0 saturated heterocycles. The molecular formula is C6H6S2. The largest absolute Gasteiger partial charge is 0.0890 e. The topological polar surface area (TPSA) is 0 Å². The molecule has 0 aromatic heterocycles. The highest BCUT2D eigenvalue weighted by atomic mass is 32.1. The zero-order chi connectivity index (χ0) is 5.98. The fourth-order valence-electron chi connectivity index (χ4n) is 0.647. The molecule has 0 unspecified atom stereocenters. The normalized spacial score (nSPS) is 19.5. The molecule has 0 saturated carbocycles. The fourth-order valence-corrected chi connectivity index (χ4v) is 1.26. The van der Waals surface area contributed by atoms with Crippen molar-refractivity contribution in [3.05, 3.63) is 12.2 Å². The molecule has 0 N–H and O–H groups in total. The molecule has 0 aromatic rings. The van der Waals surface area contributed by atoms with Crippen LogP contribution in [0.25, 0.3) is 0 Å². The van der Waals surface area contributed by atoms with E-state index in [9.17, 15) is 0 Å². The van der Waals surface area contributed by atoms with Gasteiger partial charge in [-0.3, -0.25) is 0 Å². The number of hydrogen-bond donors (Lipinski definition) is 0. The lowest BCUT2D eigenvalue weighted by molar-refractivity contribution is 1.42. The zero-order valence-electron chi connectivity index (χ0n) is 4.39. The summed E-state index contributed by atoms with van der Waals surface area (Å²) in [7, 11) is 0. The van der Waals surface area contributed by atoms with Crippen molar-refractivity contribution < 1.29 is 0 Å². The molecule has 0 amide bonds. The average Bonchev–Trinajstić information content (AvgIpc) is 1.64. The molecule has 0 fully saturated rings. The standard InChI is InChI=1S/C6H6S2/c7-5-2-1-3-6(8)4-5/h1-2H,3-4H2. The summed E-state index contributed by atoms with van der Waals surface area (Å²) in [6.07, 6.45) is 5.77. The SMILES string of the molecule is S=C1C=CCC(=S)C1. The lowest BCUT2D eigenvalue weighted by atomic mass is 10.1. The van der Waals surface area contributed by atoms with Crippen molar-refractivity contribution in [3.63, 3.8) is 0 Å². The van der Waals surface area contributed by atoms with Crippen molar-refractivity contribution in [2.75, 3.05) is 0 Å². The van der Waals surface area contributed by atoms with Crippen molar-refractivity contribution in [3.8, 4) is 0 Å². The van der Waals surface area contributed by atoms with Crippen LogP contribution in [0.2, 0.25) is 0 Å². The first-order chi connectivity index (χ1) is 3.79. The highest BCUT2D eigenvalue weighted by molar-refractivity contribution is 7.82. The highest BCUT2D eigenvalue weighted by Gasteiger charge is 2.01. The van der Waals surface area contributed by atoms with Gasteiger partial charge in [-0.1, -0.05) is 36.6 Å². The minimum atomic E-state index is 0.848. The molecule has 0 spiro atoms. The molecular weight excluding hydrogens is 136 g/mol. The van der Waals surface area contributed by atoms with Crippen LogP contribution in [0.3, 0.4) is 0 Å². The fraction of sp³-hybridized carbons (Fsp3) is 0.333. The third-order valence-corrected chi connectivity index (χ3v) is 1.61. The van der Waals surface area contributed by atoms with Gasteiger partial charge in [0.25, 0.3) is 0 Å². The molecule has 8 heavy (non-hydrogen) atoms. The van der Waals surface area contributed by atoms with E-state index in [4.69, 9.17) is 24.4 Å². The van der Waals surface area contributed by atoms with Gasteiger partial charge in [0.2, 0.25) is 0 Å². The van der Waals surface area contributed by atoms with E-state index in [2.05, 4.69) is 0 Å². The van der Waals surface area contributed by atoms with Crippen LogP contribution >= 0.6 is 24.4 Å². The summed E-state index contributed by atoms with van der Waals surface area (Å²) < 4.78 is 0. The maximum atomic E-state index is 4.94. The van der Waals surface area contributed by atoms with E-state index in [1.807, 2.05) is 12.2 Å². The Bertz CT molecular complexity index is 156. The quantitative estimate of drug-likeness (QED) is 0.475. The second kappa shape index (κ2) is 2.46. The molecule has 0 heterocycles. The Morgan fingerprint density at radius 2 is 2.12 bits per heavy atom. The molecule has 0 bridgehead atoms. The van der Waals surface area contributed by atoms with Crippen LogP contribution in [-0.4, -0.2) is 9.73 Å². The van der Waals surface area contributed by atoms with Crippen LogP contribution in [0.4, 0.5) is 0 Å². The van der Waals surface area contributed by atoms with Crippen LogP contribution in [0.15, 0.2) is 12.2 Å². The van der Waals surface area contributed by atoms with Crippen molar-refractivity contribution in [1.82, 2.24) is 0 Å². The second-order valence-electron chi connectivity index (χ2n) is 1.79. The lowest BCUT2D eigenvalue weighted by Crippen LogP contribution is -2.04. The van der Waals surface area contributed by atoms with Gasteiger partial charge < -0.3 is 0 Å². The predicted octanol–water partition coefficient (Wildman–Crippen LogP) is 2.08. The monoisotopic (exact) mass is 142 g/mol. The summed E-state index contributed by atoms with van der Waals surface area (Å²) in [4.78, 5) is 2.04. The van der Waals surface area contributed by atoms with Crippen LogP contribution in [0.5, 0.6) is 0 Å². The van der Waals surface area contributed by atoms with Gasteiger partial charge in [-0.2, -0.15) is 0 Å². The van der Waals surface area contributed by atoms with Crippen molar-refractivity contribution in [2.24, 2.45) is 0 Å². The van der Waals surface area contributed by atoms with E-state index in [1.165, 1.54) is 0 Å². The molecule has 0 aliphatic heterocycles. The zero-order valence-corrected chi connectivity index (χ0v) is 6.02. The molecule has 1 aliphatic rings. The lowest BCUT2D eigenvalue weighted by Gasteiger charge is -2.03. The third kappa shape index (κ3) is 1.46. The summed E-state index contributed by atoms with van der Waals surface area (Å²) in [5.74, 6) is 0. The van der Waals surface area contributed by atoms with Crippen LogP contribution in [0, 0.1) is 0 Å². The first-order valence-electron chi connectivity index (χ1n) is 2.50. The summed E-state index contributed by atoms with van der Waals surface area (Å²) in [6.45, 7) is 0. The van der Waals surface area contributed by atoms with E-state index in [1.54, 1.807) is 0 Å². The Labute approximate surface area is 59.6 Å². The van der Waals surface area contributed by atoms with E-state index in [0.29, 0.717) is 0 Å². The minimum absolute atomic E-state index is 0.848. The smallest absolute Gasteiger partial charge is 0.0198 e. The second-order valence-corrected chi connectivity index (χ2v) is 2.89. The van der Waals surface area contributed by atoms with E-state index >= 15 is 0 Å². The van der Waals surface area contributed by atoms with E-state index in [-0.39, 0.29) is 0 Å². The van der Waals surface area contributed by atoms with Crippen molar-refractivity contribution >= 4 is 34.2 Å². The first kappa shape index (κ1) is 6.05. The summed E-state index contributed by atoms with van der Waals surface area (Å²) >= 11 is 9.85. The Balaban J connectivity index is 2.68. The summed E-state index contributed by atoms with van der Waals surface area (Å²) in [6, 6.07) is 0. The molecule has 2 heteroatoms. The minimum Gasteiger partial charge on any atom is -0.0890 e. The van der Waals surface area contributed by atoms with Crippen molar-refractivity contribution in [2.45, 2.75) is 12.8 Å². The first-order valence-corrected chi connectivity index (χ1v) is 3.32. The summed E-state index contributed by atoms with van der Waals surface area (Å²) in [5.41, 5.74) is 0. The van der Waals surface area contributed by atoms with Gasteiger partial charge in [-0.25, -0.2) is 0 Å². The maximum Gasteiger partial charge on any atom is 0.0198 e. The van der Waals surface area contributed by atoms with Crippen LogP contribution < -0.4 is 0 Å². The Morgan fingerprint density at radius 1 is 1.38 bits per heavy atom. The third-order valence-electron chi connectivity index (χ3n) is 1.02. The number of rotatable bonds is 0. The van der Waals surface area contributed by atoms with Crippen molar-refractivity contribution in [1.29, 1.82) is 0 Å². The van der Waals surface area contributed by atoms with Gasteiger partial charge >= 0.3 is 0 Å². The molecule has 0 aromatic carbocycles. The molecule has 42 valence electrons. The van der Waals surface area contributed by atoms with Gasteiger partial charge in [-0.15, -0.1) is 0 Å². The van der Waals surface area contributed by atoms with Crippen LogP contribution in [-0.2, 0) is 0 Å². The number of hydrogen-bond acceptors (Lipinski definition) is 2. The predicted molar refractivity (Wildman–Crippen MR) is 43.6 cm³/mol. The molecule has 0 radical (unpaired) electrons. The highest BCUT2D eigenvalue weighted by Crippen LogP contribution is 2.04. The molecule has 0 atom stereocenters. The van der Waals surface area contributed by atoms with Gasteiger partial charge in [-0.05, 0) is 6.42 Å². The van der Waals surface area contributed by atoms with Gasteiger partial charge in [0.1, 0.15) is 0 Å². The van der Waals surface area contributed by atoms with E-state index < -0.39 is 0 Å². The van der Waals surface area contributed by atoms with Gasteiger partial charge in [0.05, 0.1) is 0 Å². The van der Waals surface area contributed by atoms with E-state index in [0.717, 1.165) is 22.6 Å². The molecule has 0 nitrogen and oxygen atoms in total. The van der Waals surface area contributed by atoms with Gasteiger partial charge in [0.15, 0.2) is 0 Å². The molecule has 1 aliphatic carbocycles. The Kier molecular flexibility index (Phi) is 1.86. The summed E-state index contributed by atoms with van der Waals surface area (Å²) in [5, 5.41) is 0. The van der Waals surface area contributed by atoms with Gasteiger partial charge in [0, 0.05) is 16.1 Å². The maximum absolute atomic E-state index is 4.94. The Morgan fingerprint density at radius 3 is 2.50 bits per heavy atom. The number of allylic oxidation sites excluding steroid dienone is 2.